The number of urea groups is 1. The van der Waals surface area contributed by atoms with Crippen molar-refractivity contribution < 1.29 is 9.53 Å². The maximum Gasteiger partial charge on any atom is 0.319 e. The monoisotopic (exact) mass is 348 g/mol. The second-order valence-corrected chi connectivity index (χ2v) is 6.78. The van der Waals surface area contributed by atoms with Gasteiger partial charge in [-0.1, -0.05) is 12.1 Å². The first-order valence-electron chi connectivity index (χ1n) is 9.24. The Hall–Kier alpha value is -1.79. The summed E-state index contributed by atoms with van der Waals surface area (Å²) >= 11 is 0. The molecule has 0 bridgehead atoms. The molecule has 0 unspecified atom stereocenters. The van der Waals surface area contributed by atoms with Gasteiger partial charge in [0.1, 0.15) is 0 Å². The first-order valence-corrected chi connectivity index (χ1v) is 9.24. The third kappa shape index (κ3) is 6.55. The molecule has 1 aromatic carbocycles. The summed E-state index contributed by atoms with van der Waals surface area (Å²) in [5.41, 5.74) is 1.90. The number of morpholine rings is 1. The molecule has 2 N–H and O–H groups in total. The topological polar surface area (TPSA) is 56.8 Å². The number of carbonyl (C=O) groups excluding carboxylic acids is 1. The number of nitrogens with one attached hydrogen (secondary N) is 2. The Bertz CT molecular complexity index is 530. The largest absolute Gasteiger partial charge is 0.378 e. The first-order chi connectivity index (χ1) is 12.1. The highest BCUT2D eigenvalue weighted by molar-refractivity contribution is 5.93. The van der Waals surface area contributed by atoms with Crippen LogP contribution >= 0.6 is 0 Å². The van der Waals surface area contributed by atoms with Crippen molar-refractivity contribution in [2.24, 2.45) is 0 Å². The minimum Gasteiger partial charge on any atom is -0.378 e. The quantitative estimate of drug-likeness (QED) is 0.709. The Morgan fingerprint density at radius 3 is 2.68 bits per heavy atom. The maximum atomic E-state index is 12.2. The smallest absolute Gasteiger partial charge is 0.319 e. The molecular formula is C19H32N4O2. The number of unbranched alkanes of at least 4 members (excludes halogenated alkanes) is 1. The number of hydrogen-bond acceptors (Lipinski definition) is 4. The van der Waals surface area contributed by atoms with Crippen molar-refractivity contribution in [3.63, 3.8) is 0 Å². The Kier molecular flexibility index (Phi) is 8.01. The van der Waals surface area contributed by atoms with Crippen LogP contribution in [0.4, 0.5) is 16.2 Å². The molecule has 0 saturated carbocycles. The van der Waals surface area contributed by atoms with E-state index in [1.54, 1.807) is 0 Å². The van der Waals surface area contributed by atoms with Crippen molar-refractivity contribution in [1.29, 1.82) is 0 Å². The molecule has 1 fully saturated rings. The van der Waals surface area contributed by atoms with Crippen molar-refractivity contribution in [3.8, 4) is 0 Å². The molecule has 6 nitrogen and oxygen atoms in total. The number of anilines is 2. The van der Waals surface area contributed by atoms with E-state index in [4.69, 9.17) is 4.74 Å². The fourth-order valence-electron chi connectivity index (χ4n) is 2.77. The molecule has 1 heterocycles. The lowest BCUT2D eigenvalue weighted by Crippen LogP contribution is -2.37. The van der Waals surface area contributed by atoms with Gasteiger partial charge in [0.05, 0.1) is 24.6 Å². The summed E-state index contributed by atoms with van der Waals surface area (Å²) in [5, 5.41) is 5.94. The molecule has 2 rings (SSSR count). The summed E-state index contributed by atoms with van der Waals surface area (Å²) in [5.74, 6) is 0. The van der Waals surface area contributed by atoms with E-state index in [-0.39, 0.29) is 6.03 Å². The summed E-state index contributed by atoms with van der Waals surface area (Å²) in [6.07, 6.45) is 2.06. The summed E-state index contributed by atoms with van der Waals surface area (Å²) in [7, 11) is 2.13. The van der Waals surface area contributed by atoms with E-state index < -0.39 is 0 Å². The van der Waals surface area contributed by atoms with Crippen molar-refractivity contribution in [2.45, 2.75) is 32.7 Å². The number of carbonyl (C=O) groups is 1. The fourth-order valence-corrected chi connectivity index (χ4v) is 2.77. The van der Waals surface area contributed by atoms with Crippen LogP contribution in [0.1, 0.15) is 26.7 Å². The van der Waals surface area contributed by atoms with Gasteiger partial charge in [-0.25, -0.2) is 4.79 Å². The summed E-state index contributed by atoms with van der Waals surface area (Å²) < 4.78 is 5.40. The standard InChI is InChI=1S/C19H32N4O2/c1-16(2)22(3)11-7-6-10-20-19(24)21-17-8-4-5-9-18(17)23-12-14-25-15-13-23/h4-5,8-9,16H,6-7,10-15H2,1-3H3,(H2,20,21,24). The van der Waals surface area contributed by atoms with Crippen molar-refractivity contribution >= 4 is 17.4 Å². The van der Waals surface area contributed by atoms with E-state index in [0.717, 1.165) is 57.1 Å². The zero-order chi connectivity index (χ0) is 18.1. The van der Waals surface area contributed by atoms with Gasteiger partial charge in [0.25, 0.3) is 0 Å². The van der Waals surface area contributed by atoms with E-state index in [1.165, 1.54) is 0 Å². The Morgan fingerprint density at radius 2 is 1.96 bits per heavy atom. The highest BCUT2D eigenvalue weighted by Crippen LogP contribution is 2.26. The third-order valence-corrected chi connectivity index (χ3v) is 4.61. The molecule has 0 radical (unpaired) electrons. The number of rotatable bonds is 8. The lowest BCUT2D eigenvalue weighted by molar-refractivity contribution is 0.123. The van der Waals surface area contributed by atoms with Gasteiger partial charge in [-0.3, -0.25) is 0 Å². The average molecular weight is 348 g/mol. The zero-order valence-electron chi connectivity index (χ0n) is 15.8. The van der Waals surface area contributed by atoms with Gasteiger partial charge in [-0.2, -0.15) is 0 Å². The molecular weight excluding hydrogens is 316 g/mol. The van der Waals surface area contributed by atoms with E-state index in [2.05, 4.69) is 41.3 Å². The van der Waals surface area contributed by atoms with E-state index in [9.17, 15) is 4.79 Å². The number of amides is 2. The molecule has 1 aliphatic rings. The molecule has 1 aliphatic heterocycles. The number of nitrogens with zero attached hydrogens (tertiary/aromatic N) is 2. The van der Waals surface area contributed by atoms with Gasteiger partial charge in [0, 0.05) is 25.7 Å². The predicted molar refractivity (Wildman–Crippen MR) is 103 cm³/mol. The van der Waals surface area contributed by atoms with Crippen LogP contribution in [0.3, 0.4) is 0 Å². The van der Waals surface area contributed by atoms with Crippen LogP contribution in [0.15, 0.2) is 24.3 Å². The molecule has 0 atom stereocenters. The molecule has 2 amide bonds. The molecule has 0 aromatic heterocycles. The second-order valence-electron chi connectivity index (χ2n) is 6.78. The van der Waals surface area contributed by atoms with E-state index in [0.29, 0.717) is 12.6 Å². The maximum absolute atomic E-state index is 12.2. The first kappa shape index (κ1) is 19.5. The predicted octanol–water partition coefficient (Wildman–Crippen LogP) is 2.77. The number of ether oxygens (including phenoxy) is 1. The van der Waals surface area contributed by atoms with Crippen LogP contribution in [0.2, 0.25) is 0 Å². The summed E-state index contributed by atoms with van der Waals surface area (Å²) in [4.78, 5) is 16.7. The highest BCUT2D eigenvalue weighted by atomic mass is 16.5. The number of benzene rings is 1. The second kappa shape index (κ2) is 10.3. The van der Waals surface area contributed by atoms with Gasteiger partial charge < -0.3 is 25.2 Å². The Balaban J connectivity index is 1.75. The van der Waals surface area contributed by atoms with Gasteiger partial charge in [0.15, 0.2) is 0 Å². The summed E-state index contributed by atoms with van der Waals surface area (Å²) in [6, 6.07) is 8.36. The highest BCUT2D eigenvalue weighted by Gasteiger charge is 2.15. The van der Waals surface area contributed by atoms with Gasteiger partial charge in [-0.15, -0.1) is 0 Å². The van der Waals surface area contributed by atoms with Crippen LogP contribution < -0.4 is 15.5 Å². The fraction of sp³-hybridized carbons (Fsp3) is 0.632. The van der Waals surface area contributed by atoms with Crippen LogP contribution in [0, 0.1) is 0 Å². The van der Waals surface area contributed by atoms with Crippen LogP contribution in [0.25, 0.3) is 0 Å². The van der Waals surface area contributed by atoms with Crippen molar-refractivity contribution in [1.82, 2.24) is 10.2 Å². The lowest BCUT2D eigenvalue weighted by Gasteiger charge is -2.30. The number of hydrogen-bond donors (Lipinski definition) is 2. The minimum atomic E-state index is -0.141. The van der Waals surface area contributed by atoms with Gasteiger partial charge in [-0.05, 0) is 52.4 Å². The number of para-hydroxylation sites is 2. The molecule has 6 heteroatoms. The molecule has 1 saturated heterocycles. The van der Waals surface area contributed by atoms with Gasteiger partial charge >= 0.3 is 6.03 Å². The van der Waals surface area contributed by atoms with Crippen molar-refractivity contribution in [2.75, 3.05) is 56.7 Å². The summed E-state index contributed by atoms with van der Waals surface area (Å²) in [6.45, 7) is 9.29. The lowest BCUT2D eigenvalue weighted by atomic mass is 10.2. The Labute approximate surface area is 151 Å². The van der Waals surface area contributed by atoms with Crippen molar-refractivity contribution in [3.05, 3.63) is 24.3 Å². The van der Waals surface area contributed by atoms with Crippen LogP contribution in [-0.2, 0) is 4.74 Å². The Morgan fingerprint density at radius 1 is 1.24 bits per heavy atom. The zero-order valence-corrected chi connectivity index (χ0v) is 15.8. The van der Waals surface area contributed by atoms with Crippen LogP contribution in [-0.4, -0.2) is 63.4 Å². The molecule has 0 spiro atoms. The van der Waals surface area contributed by atoms with E-state index in [1.807, 2.05) is 24.3 Å². The molecule has 140 valence electrons. The molecule has 1 aromatic rings. The van der Waals surface area contributed by atoms with Crippen LogP contribution in [0.5, 0.6) is 0 Å². The normalized spacial score (nSPS) is 14.8. The molecule has 0 aliphatic carbocycles. The molecule has 25 heavy (non-hydrogen) atoms. The average Bonchev–Trinajstić information content (AvgIpc) is 2.62. The SMILES string of the molecule is CC(C)N(C)CCCCNC(=O)Nc1ccccc1N1CCOCC1. The third-order valence-electron chi connectivity index (χ3n) is 4.61. The van der Waals surface area contributed by atoms with Gasteiger partial charge in [0.2, 0.25) is 0 Å². The van der Waals surface area contributed by atoms with E-state index >= 15 is 0 Å². The minimum absolute atomic E-state index is 0.141.